The molecule has 0 saturated carbocycles. The van der Waals surface area contributed by atoms with E-state index in [0.717, 1.165) is 38.4 Å². The molecule has 1 N–H and O–H groups in total. The minimum atomic E-state index is 0.826. The summed E-state index contributed by atoms with van der Waals surface area (Å²) in [5, 5.41) is 2.58. The van der Waals surface area contributed by atoms with Crippen LogP contribution in [0.2, 0.25) is 0 Å². The van der Waals surface area contributed by atoms with Crippen molar-refractivity contribution in [1.82, 2.24) is 9.97 Å². The third-order valence-electron chi connectivity index (χ3n) is 2.82. The minimum absolute atomic E-state index is 0.826. The van der Waals surface area contributed by atoms with E-state index in [-0.39, 0.29) is 0 Å². The average Bonchev–Trinajstić information content (AvgIpc) is 2.89. The van der Waals surface area contributed by atoms with Gasteiger partial charge in [-0.05, 0) is 36.2 Å². The van der Waals surface area contributed by atoms with Gasteiger partial charge in [0.05, 0.1) is 16.4 Å². The van der Waals surface area contributed by atoms with Crippen molar-refractivity contribution in [3.05, 3.63) is 46.6 Å². The Bertz CT molecular complexity index is 744. The van der Waals surface area contributed by atoms with E-state index in [1.165, 1.54) is 0 Å². The molecular weight excluding hydrogens is 290 g/mol. The summed E-state index contributed by atoms with van der Waals surface area (Å²) < 4.78 is 0. The molecule has 116 valence electrons. The number of thioether (sulfide) groups is 1. The van der Waals surface area contributed by atoms with Gasteiger partial charge in [0, 0.05) is 5.56 Å². The van der Waals surface area contributed by atoms with E-state index in [2.05, 4.69) is 41.8 Å². The highest BCUT2D eigenvalue weighted by molar-refractivity contribution is 7.99. The van der Waals surface area contributed by atoms with Gasteiger partial charge in [0.2, 0.25) is 0 Å². The van der Waals surface area contributed by atoms with E-state index in [0.29, 0.717) is 0 Å². The summed E-state index contributed by atoms with van der Waals surface area (Å²) in [6, 6.07) is 5.92. The molecule has 0 amide bonds. The molecule has 0 atom stereocenters. The van der Waals surface area contributed by atoms with E-state index >= 15 is 0 Å². The summed E-state index contributed by atoms with van der Waals surface area (Å²) >= 11 is 1.67. The maximum absolute atomic E-state index is 4.52. The smallest absolute Gasteiger partial charge is 0.166 e. The topological polar surface area (TPSA) is 41.0 Å². The minimum Gasteiger partial charge on any atom is -0.333 e. The summed E-state index contributed by atoms with van der Waals surface area (Å²) in [7, 11) is 0. The molecule has 4 heteroatoms. The Kier molecular flexibility index (Phi) is 7.40. The molecule has 0 aliphatic carbocycles. The molecule has 0 bridgehead atoms. The van der Waals surface area contributed by atoms with Crippen LogP contribution >= 0.6 is 11.8 Å². The lowest BCUT2D eigenvalue weighted by molar-refractivity contribution is 1.04. The van der Waals surface area contributed by atoms with Gasteiger partial charge in [-0.2, -0.15) is 0 Å². The van der Waals surface area contributed by atoms with Crippen LogP contribution in [0.5, 0.6) is 0 Å². The van der Waals surface area contributed by atoms with Crippen molar-refractivity contribution in [2.24, 2.45) is 4.99 Å². The zero-order valence-corrected chi connectivity index (χ0v) is 14.3. The molecule has 2 rings (SSSR count). The van der Waals surface area contributed by atoms with Crippen LogP contribution in [-0.4, -0.2) is 22.4 Å². The molecule has 1 aromatic carbocycles. The molecule has 0 aliphatic rings. The highest BCUT2D eigenvalue weighted by Gasteiger charge is 2.00. The number of benzene rings is 1. The fraction of sp³-hybridized carbons (Fsp3) is 0.222. The normalized spacial score (nSPS) is 10.8. The Morgan fingerprint density at radius 1 is 1.36 bits per heavy atom. The van der Waals surface area contributed by atoms with Crippen molar-refractivity contribution in [1.29, 1.82) is 0 Å². The van der Waals surface area contributed by atoms with Crippen molar-refractivity contribution >= 4 is 42.9 Å². The van der Waals surface area contributed by atoms with Crippen LogP contribution in [0.15, 0.2) is 34.9 Å². The monoisotopic (exact) mass is 313 g/mol. The number of hydrogen-bond acceptors (Lipinski definition) is 3. The highest BCUT2D eigenvalue weighted by atomic mass is 32.2. The quantitative estimate of drug-likeness (QED) is 0.674. The molecule has 0 radical (unpaired) electrons. The SMILES string of the molecule is C=Cc1cc(/C=c2\nc(SCC)[nH]c2=C)ccc1N=C.CC. The Labute approximate surface area is 136 Å². The maximum atomic E-state index is 4.52. The van der Waals surface area contributed by atoms with Gasteiger partial charge < -0.3 is 4.98 Å². The van der Waals surface area contributed by atoms with Gasteiger partial charge >= 0.3 is 0 Å². The van der Waals surface area contributed by atoms with Gasteiger partial charge in [-0.1, -0.05) is 57.8 Å². The molecular formula is C18H23N3S. The lowest BCUT2D eigenvalue weighted by Crippen LogP contribution is -2.22. The fourth-order valence-electron chi connectivity index (χ4n) is 1.85. The standard InChI is InChI=1S/C16H17N3S.C2H6/c1-5-13-9-12(7-8-14(13)17-4)10-15-11(3)18-16(19-15)20-6-2;1-2/h5,7-10H,1,3-4,6H2,2H3,(H,18,19);1-2H3/b15-10-;. The van der Waals surface area contributed by atoms with Crippen molar-refractivity contribution in [2.75, 3.05) is 5.75 Å². The van der Waals surface area contributed by atoms with Crippen molar-refractivity contribution in [2.45, 2.75) is 25.9 Å². The Balaban J connectivity index is 0.00000116. The Morgan fingerprint density at radius 3 is 2.68 bits per heavy atom. The van der Waals surface area contributed by atoms with Crippen LogP contribution in [0.1, 0.15) is 31.9 Å². The summed E-state index contributed by atoms with van der Waals surface area (Å²) in [5.74, 6) is 0.979. The first-order valence-electron chi connectivity index (χ1n) is 7.30. The number of aliphatic imine (C=N–C) groups is 1. The maximum Gasteiger partial charge on any atom is 0.166 e. The molecule has 1 heterocycles. The summed E-state index contributed by atoms with van der Waals surface area (Å²) in [5.41, 5.74) is 2.83. The van der Waals surface area contributed by atoms with Gasteiger partial charge in [-0.15, -0.1) is 0 Å². The number of H-pyrrole nitrogens is 1. The predicted octanol–water partition coefficient (Wildman–Crippen LogP) is 3.76. The molecule has 0 unspecified atom stereocenters. The number of hydrogen-bond donors (Lipinski definition) is 1. The van der Waals surface area contributed by atoms with E-state index in [4.69, 9.17) is 0 Å². The number of rotatable bonds is 5. The Hall–Kier alpha value is -2.07. The third-order valence-corrected chi connectivity index (χ3v) is 3.57. The zero-order chi connectivity index (χ0) is 16.5. The molecule has 22 heavy (non-hydrogen) atoms. The average molecular weight is 313 g/mol. The molecule has 0 spiro atoms. The summed E-state index contributed by atoms with van der Waals surface area (Å²) in [6.07, 6.45) is 3.77. The molecule has 0 saturated heterocycles. The Morgan fingerprint density at radius 2 is 2.09 bits per heavy atom. The second kappa shape index (κ2) is 9.05. The number of imidazole rings is 1. The van der Waals surface area contributed by atoms with Crippen LogP contribution in [0.25, 0.3) is 18.7 Å². The highest BCUT2D eigenvalue weighted by Crippen LogP contribution is 2.21. The second-order valence-electron chi connectivity index (χ2n) is 4.16. The van der Waals surface area contributed by atoms with E-state index in [9.17, 15) is 0 Å². The number of aromatic nitrogens is 2. The van der Waals surface area contributed by atoms with Gasteiger partial charge in [-0.25, -0.2) is 4.98 Å². The lowest BCUT2D eigenvalue weighted by atomic mass is 10.1. The van der Waals surface area contributed by atoms with Crippen LogP contribution < -0.4 is 10.7 Å². The zero-order valence-electron chi connectivity index (χ0n) is 13.5. The number of nitrogens with one attached hydrogen (secondary N) is 1. The molecule has 2 aromatic rings. The van der Waals surface area contributed by atoms with Gasteiger partial charge in [-0.3, -0.25) is 4.99 Å². The van der Waals surface area contributed by atoms with Crippen molar-refractivity contribution in [3.8, 4) is 0 Å². The predicted molar refractivity (Wildman–Crippen MR) is 100 cm³/mol. The second-order valence-corrected chi connectivity index (χ2v) is 5.42. The van der Waals surface area contributed by atoms with Crippen molar-refractivity contribution < 1.29 is 0 Å². The third kappa shape index (κ3) is 4.46. The molecule has 1 aromatic heterocycles. The number of aromatic amines is 1. The summed E-state index contributed by atoms with van der Waals surface area (Å²) in [4.78, 5) is 11.7. The first-order valence-corrected chi connectivity index (χ1v) is 8.29. The first kappa shape index (κ1) is 18.0. The van der Waals surface area contributed by atoms with Gasteiger partial charge in [0.25, 0.3) is 0 Å². The first-order chi connectivity index (χ1) is 10.7. The van der Waals surface area contributed by atoms with E-state index in [1.54, 1.807) is 17.8 Å². The van der Waals surface area contributed by atoms with Crippen LogP contribution in [0, 0.1) is 0 Å². The van der Waals surface area contributed by atoms with Gasteiger partial charge in [0.1, 0.15) is 0 Å². The molecule has 3 nitrogen and oxygen atoms in total. The van der Waals surface area contributed by atoms with Crippen LogP contribution in [-0.2, 0) is 0 Å². The van der Waals surface area contributed by atoms with E-state index in [1.807, 2.05) is 38.1 Å². The van der Waals surface area contributed by atoms with Crippen molar-refractivity contribution in [3.63, 3.8) is 0 Å². The molecule has 0 fully saturated rings. The fourth-order valence-corrected chi connectivity index (χ4v) is 2.48. The lowest BCUT2D eigenvalue weighted by Gasteiger charge is -2.01. The van der Waals surface area contributed by atoms with Crippen LogP contribution in [0.4, 0.5) is 5.69 Å². The van der Waals surface area contributed by atoms with Crippen LogP contribution in [0.3, 0.4) is 0 Å². The van der Waals surface area contributed by atoms with E-state index < -0.39 is 0 Å². The number of nitrogens with zero attached hydrogens (tertiary/aromatic N) is 2. The summed E-state index contributed by atoms with van der Waals surface area (Å²) in [6.45, 7) is 17.4. The largest absolute Gasteiger partial charge is 0.333 e. The molecule has 0 aliphatic heterocycles. The van der Waals surface area contributed by atoms with Gasteiger partial charge in [0.15, 0.2) is 5.16 Å².